The van der Waals surface area contributed by atoms with Gasteiger partial charge in [0.05, 0.1) is 17.4 Å². The first-order chi connectivity index (χ1) is 12.0. The van der Waals surface area contributed by atoms with Gasteiger partial charge in [0.15, 0.2) is 0 Å². The molecule has 2 heterocycles. The highest BCUT2D eigenvalue weighted by Crippen LogP contribution is 2.21. The molecule has 25 heavy (non-hydrogen) atoms. The Kier molecular flexibility index (Phi) is 5.06. The number of H-pyrrole nitrogens is 1. The van der Waals surface area contributed by atoms with Gasteiger partial charge in [0.1, 0.15) is 0 Å². The molecule has 1 aliphatic heterocycles. The third-order valence-corrected chi connectivity index (χ3v) is 5.19. The van der Waals surface area contributed by atoms with Crippen LogP contribution in [0, 0.1) is 11.8 Å². The van der Waals surface area contributed by atoms with Gasteiger partial charge in [0, 0.05) is 30.6 Å². The molecule has 1 fully saturated rings. The highest BCUT2D eigenvalue weighted by molar-refractivity contribution is 5.97. The molecule has 134 valence electrons. The lowest BCUT2D eigenvalue weighted by atomic mass is 9.94. The molecule has 6 nitrogen and oxygen atoms in total. The molecule has 6 heteroatoms. The summed E-state index contributed by atoms with van der Waals surface area (Å²) in [6.07, 6.45) is 3.06. The summed E-state index contributed by atoms with van der Waals surface area (Å²) in [6, 6.07) is 5.68. The van der Waals surface area contributed by atoms with Crippen LogP contribution in [0.3, 0.4) is 0 Å². The second-order valence-electron chi connectivity index (χ2n) is 7.24. The fourth-order valence-corrected chi connectivity index (χ4v) is 3.10. The summed E-state index contributed by atoms with van der Waals surface area (Å²) in [4.78, 5) is 34.1. The van der Waals surface area contributed by atoms with Crippen molar-refractivity contribution in [2.75, 3.05) is 13.1 Å². The van der Waals surface area contributed by atoms with E-state index in [1.54, 1.807) is 6.33 Å². The van der Waals surface area contributed by atoms with Gasteiger partial charge in [-0.1, -0.05) is 13.8 Å². The van der Waals surface area contributed by atoms with E-state index >= 15 is 0 Å². The Hall–Kier alpha value is -2.37. The van der Waals surface area contributed by atoms with Crippen LogP contribution in [0.2, 0.25) is 0 Å². The standard InChI is InChI=1S/C19H26N4O2/c1-12(2)13(3)22-18(24)14-6-8-23(9-7-14)19(25)15-4-5-16-17(10-15)21-11-20-16/h4-5,10-14H,6-9H2,1-3H3,(H,20,21)(H,22,24)/t13-/m1/s1. The number of piperidine rings is 1. The number of nitrogens with zero attached hydrogens (tertiary/aromatic N) is 2. The van der Waals surface area contributed by atoms with Crippen LogP contribution in [-0.2, 0) is 4.79 Å². The van der Waals surface area contributed by atoms with Crippen molar-refractivity contribution in [3.8, 4) is 0 Å². The zero-order chi connectivity index (χ0) is 18.0. The lowest BCUT2D eigenvalue weighted by Crippen LogP contribution is -2.45. The van der Waals surface area contributed by atoms with Crippen LogP contribution < -0.4 is 5.32 Å². The lowest BCUT2D eigenvalue weighted by molar-refractivity contribution is -0.127. The van der Waals surface area contributed by atoms with Crippen molar-refractivity contribution in [3.05, 3.63) is 30.1 Å². The van der Waals surface area contributed by atoms with E-state index < -0.39 is 0 Å². The largest absolute Gasteiger partial charge is 0.353 e. The average molecular weight is 342 g/mol. The SMILES string of the molecule is CC(C)[C@@H](C)NC(=O)C1CCN(C(=O)c2ccc3nc[nH]c3c2)CC1. The molecule has 0 spiro atoms. The van der Waals surface area contributed by atoms with Gasteiger partial charge < -0.3 is 15.2 Å². The number of nitrogens with one attached hydrogen (secondary N) is 2. The summed E-state index contributed by atoms with van der Waals surface area (Å²) in [6.45, 7) is 7.47. The fourth-order valence-electron chi connectivity index (χ4n) is 3.10. The lowest BCUT2D eigenvalue weighted by Gasteiger charge is -2.32. The molecule has 1 atom stereocenters. The number of benzene rings is 1. The maximum atomic E-state index is 12.7. The number of amides is 2. The summed E-state index contributed by atoms with van der Waals surface area (Å²) in [5, 5.41) is 3.09. The van der Waals surface area contributed by atoms with Gasteiger partial charge in [-0.3, -0.25) is 9.59 Å². The quantitative estimate of drug-likeness (QED) is 0.896. The second-order valence-corrected chi connectivity index (χ2v) is 7.24. The van der Waals surface area contributed by atoms with Crippen molar-refractivity contribution in [1.29, 1.82) is 0 Å². The Balaban J connectivity index is 1.58. The van der Waals surface area contributed by atoms with Gasteiger partial charge in [0.2, 0.25) is 5.91 Å². The normalized spacial score (nSPS) is 17.0. The molecular formula is C19H26N4O2. The van der Waals surface area contributed by atoms with Crippen LogP contribution in [0.1, 0.15) is 44.0 Å². The number of carbonyl (C=O) groups excluding carboxylic acids is 2. The van der Waals surface area contributed by atoms with E-state index in [-0.39, 0.29) is 23.8 Å². The van der Waals surface area contributed by atoms with E-state index in [9.17, 15) is 9.59 Å². The van der Waals surface area contributed by atoms with Gasteiger partial charge in [-0.2, -0.15) is 0 Å². The minimum absolute atomic E-state index is 0.000312. The molecule has 0 bridgehead atoms. The molecule has 2 N–H and O–H groups in total. The highest BCUT2D eigenvalue weighted by atomic mass is 16.2. The third kappa shape index (κ3) is 3.83. The van der Waals surface area contributed by atoms with Crippen molar-refractivity contribution in [2.45, 2.75) is 39.7 Å². The predicted molar refractivity (Wildman–Crippen MR) is 97.2 cm³/mol. The van der Waals surface area contributed by atoms with E-state index in [2.05, 4.69) is 29.1 Å². The monoisotopic (exact) mass is 342 g/mol. The zero-order valence-corrected chi connectivity index (χ0v) is 15.1. The summed E-state index contributed by atoms with van der Waals surface area (Å²) in [5.41, 5.74) is 2.38. The van der Waals surface area contributed by atoms with Gasteiger partial charge in [-0.05, 0) is 43.9 Å². The average Bonchev–Trinajstić information content (AvgIpc) is 3.08. The van der Waals surface area contributed by atoms with E-state index in [1.807, 2.05) is 30.0 Å². The number of hydrogen-bond acceptors (Lipinski definition) is 3. The third-order valence-electron chi connectivity index (χ3n) is 5.19. The number of likely N-dealkylation sites (tertiary alicyclic amines) is 1. The Morgan fingerprint density at radius 3 is 2.64 bits per heavy atom. The van der Waals surface area contributed by atoms with E-state index in [0.717, 1.165) is 11.0 Å². The molecule has 3 rings (SSSR count). The molecule has 2 amide bonds. The maximum absolute atomic E-state index is 12.7. The van der Waals surface area contributed by atoms with Gasteiger partial charge in [-0.25, -0.2) is 4.98 Å². The molecule has 1 aromatic heterocycles. The molecule has 1 aliphatic rings. The zero-order valence-electron chi connectivity index (χ0n) is 15.1. The molecule has 0 radical (unpaired) electrons. The summed E-state index contributed by atoms with van der Waals surface area (Å²) >= 11 is 0. The predicted octanol–water partition coefficient (Wildman–Crippen LogP) is 2.58. The summed E-state index contributed by atoms with van der Waals surface area (Å²) in [5.74, 6) is 0.557. The minimum Gasteiger partial charge on any atom is -0.353 e. The Morgan fingerprint density at radius 1 is 1.24 bits per heavy atom. The van der Waals surface area contributed by atoms with Crippen molar-refractivity contribution in [3.63, 3.8) is 0 Å². The van der Waals surface area contributed by atoms with Crippen LogP contribution in [0.4, 0.5) is 0 Å². The molecular weight excluding hydrogens is 316 g/mol. The molecule has 2 aromatic rings. The number of fused-ring (bicyclic) bond motifs is 1. The number of aromatic amines is 1. The summed E-state index contributed by atoms with van der Waals surface area (Å²) < 4.78 is 0. The van der Waals surface area contributed by atoms with Crippen LogP contribution >= 0.6 is 0 Å². The Bertz CT molecular complexity index is 760. The summed E-state index contributed by atoms with van der Waals surface area (Å²) in [7, 11) is 0. The van der Waals surface area contributed by atoms with Crippen LogP contribution in [-0.4, -0.2) is 45.8 Å². The first-order valence-corrected chi connectivity index (χ1v) is 8.98. The van der Waals surface area contributed by atoms with E-state index in [4.69, 9.17) is 0 Å². The van der Waals surface area contributed by atoms with Crippen LogP contribution in [0.25, 0.3) is 11.0 Å². The van der Waals surface area contributed by atoms with E-state index in [0.29, 0.717) is 37.4 Å². The van der Waals surface area contributed by atoms with Crippen molar-refractivity contribution in [2.24, 2.45) is 11.8 Å². The van der Waals surface area contributed by atoms with Crippen molar-refractivity contribution in [1.82, 2.24) is 20.2 Å². The minimum atomic E-state index is 0.000312. The molecule has 0 unspecified atom stereocenters. The molecule has 0 aliphatic carbocycles. The fraction of sp³-hybridized carbons (Fsp3) is 0.526. The highest BCUT2D eigenvalue weighted by Gasteiger charge is 2.28. The number of carbonyl (C=O) groups is 2. The first kappa shape index (κ1) is 17.5. The van der Waals surface area contributed by atoms with Crippen LogP contribution in [0.5, 0.6) is 0 Å². The van der Waals surface area contributed by atoms with E-state index in [1.165, 1.54) is 0 Å². The molecule has 0 saturated carbocycles. The smallest absolute Gasteiger partial charge is 0.253 e. The number of aromatic nitrogens is 2. The van der Waals surface area contributed by atoms with Crippen molar-refractivity contribution >= 4 is 22.8 Å². The second kappa shape index (κ2) is 7.25. The molecule has 1 saturated heterocycles. The maximum Gasteiger partial charge on any atom is 0.253 e. The topological polar surface area (TPSA) is 78.1 Å². The number of hydrogen-bond donors (Lipinski definition) is 2. The van der Waals surface area contributed by atoms with Crippen molar-refractivity contribution < 1.29 is 9.59 Å². The Labute approximate surface area is 148 Å². The number of rotatable bonds is 4. The van der Waals surface area contributed by atoms with Gasteiger partial charge >= 0.3 is 0 Å². The molecule has 1 aromatic carbocycles. The Morgan fingerprint density at radius 2 is 1.96 bits per heavy atom. The van der Waals surface area contributed by atoms with Gasteiger partial charge in [0.25, 0.3) is 5.91 Å². The number of imidazole rings is 1. The first-order valence-electron chi connectivity index (χ1n) is 8.98. The van der Waals surface area contributed by atoms with Crippen LogP contribution in [0.15, 0.2) is 24.5 Å². The van der Waals surface area contributed by atoms with Gasteiger partial charge in [-0.15, -0.1) is 0 Å².